The Morgan fingerprint density at radius 1 is 1.15 bits per heavy atom. The van der Waals surface area contributed by atoms with Crippen molar-refractivity contribution >= 4 is 27.1 Å². The van der Waals surface area contributed by atoms with Crippen LogP contribution in [0.15, 0.2) is 53.3 Å². The van der Waals surface area contributed by atoms with Crippen LogP contribution in [0, 0.1) is 17.1 Å². The number of halogens is 2. The number of benzene rings is 2. The first-order chi connectivity index (χ1) is 12.6. The molecule has 126 valence electrons. The largest absolute Gasteiger partial charge is 0.434 e. The van der Waals surface area contributed by atoms with Crippen molar-refractivity contribution in [2.45, 2.75) is 0 Å². The number of hydrogen-bond donors (Lipinski definition) is 1. The van der Waals surface area contributed by atoms with Gasteiger partial charge in [-0.1, -0.05) is 28.1 Å². The van der Waals surface area contributed by atoms with E-state index >= 15 is 0 Å². The number of nitrogens with zero attached hydrogens (tertiary/aromatic N) is 4. The number of hydrogen-bond acceptors (Lipinski definition) is 5. The van der Waals surface area contributed by atoms with E-state index in [-0.39, 0.29) is 17.2 Å². The molecule has 26 heavy (non-hydrogen) atoms. The highest BCUT2D eigenvalue weighted by atomic mass is 79.9. The number of nitriles is 1. The van der Waals surface area contributed by atoms with Crippen molar-refractivity contribution in [3.05, 3.63) is 64.6 Å². The van der Waals surface area contributed by atoms with Gasteiger partial charge in [-0.05, 0) is 30.3 Å². The summed E-state index contributed by atoms with van der Waals surface area (Å²) in [6.45, 7) is 0. The van der Waals surface area contributed by atoms with Gasteiger partial charge in [0.2, 0.25) is 5.88 Å². The van der Waals surface area contributed by atoms with Crippen molar-refractivity contribution in [1.29, 1.82) is 5.26 Å². The van der Waals surface area contributed by atoms with Gasteiger partial charge in [0.25, 0.3) is 0 Å². The summed E-state index contributed by atoms with van der Waals surface area (Å²) >= 11 is 3.41. The fraction of sp³-hybridized carbons (Fsp3) is 0. The van der Waals surface area contributed by atoms with Crippen LogP contribution >= 0.6 is 15.9 Å². The predicted octanol–water partition coefficient (Wildman–Crippen LogP) is 4.59. The minimum atomic E-state index is -0.653. The molecule has 0 atom stereocenters. The molecule has 0 radical (unpaired) electrons. The van der Waals surface area contributed by atoms with Gasteiger partial charge in [0.05, 0.1) is 18.0 Å². The third-order valence-electron chi connectivity index (χ3n) is 3.60. The van der Waals surface area contributed by atoms with Crippen LogP contribution in [0.2, 0.25) is 0 Å². The van der Waals surface area contributed by atoms with Gasteiger partial charge in [-0.25, -0.2) is 14.4 Å². The van der Waals surface area contributed by atoms with Crippen molar-refractivity contribution < 1.29 is 9.13 Å². The molecule has 0 spiro atoms. The molecule has 2 aromatic heterocycles. The molecule has 0 aliphatic rings. The maximum Gasteiger partial charge on any atom is 0.249 e. The number of aromatic nitrogens is 4. The summed E-state index contributed by atoms with van der Waals surface area (Å²) in [5.41, 5.74) is 1.82. The SMILES string of the molecule is N#Cc1ccc(Oc2nc(-c3cccc(Br)c3)nc3nc[nH]c23)c(F)c1. The van der Waals surface area contributed by atoms with E-state index in [0.29, 0.717) is 17.0 Å². The maximum atomic E-state index is 14.2. The zero-order valence-electron chi connectivity index (χ0n) is 13.1. The van der Waals surface area contributed by atoms with Gasteiger partial charge in [-0.3, -0.25) is 0 Å². The molecule has 2 heterocycles. The van der Waals surface area contributed by atoms with E-state index in [1.165, 1.54) is 18.5 Å². The summed E-state index contributed by atoms with van der Waals surface area (Å²) in [5.74, 6) is -0.154. The highest BCUT2D eigenvalue weighted by molar-refractivity contribution is 9.10. The summed E-state index contributed by atoms with van der Waals surface area (Å²) in [6.07, 6.45) is 1.46. The molecule has 0 aliphatic heterocycles. The molecule has 0 saturated carbocycles. The second-order valence-corrected chi connectivity index (χ2v) is 6.24. The first-order valence-electron chi connectivity index (χ1n) is 7.48. The van der Waals surface area contributed by atoms with E-state index in [1.807, 2.05) is 30.3 Å². The van der Waals surface area contributed by atoms with Crippen molar-refractivity contribution in [2.24, 2.45) is 0 Å². The Morgan fingerprint density at radius 3 is 2.81 bits per heavy atom. The minimum Gasteiger partial charge on any atom is -0.434 e. The first-order valence-corrected chi connectivity index (χ1v) is 8.28. The van der Waals surface area contributed by atoms with Gasteiger partial charge in [-0.2, -0.15) is 10.2 Å². The van der Waals surface area contributed by atoms with Crippen LogP contribution < -0.4 is 4.74 Å². The monoisotopic (exact) mass is 409 g/mol. The van der Waals surface area contributed by atoms with Gasteiger partial charge in [-0.15, -0.1) is 0 Å². The Balaban J connectivity index is 1.82. The summed E-state index contributed by atoms with van der Waals surface area (Å²) in [7, 11) is 0. The van der Waals surface area contributed by atoms with Crippen molar-refractivity contribution in [2.75, 3.05) is 0 Å². The second-order valence-electron chi connectivity index (χ2n) is 5.32. The smallest absolute Gasteiger partial charge is 0.249 e. The van der Waals surface area contributed by atoms with Gasteiger partial charge < -0.3 is 9.72 Å². The third-order valence-corrected chi connectivity index (χ3v) is 4.10. The zero-order chi connectivity index (χ0) is 18.1. The number of nitrogens with one attached hydrogen (secondary N) is 1. The van der Waals surface area contributed by atoms with E-state index in [2.05, 4.69) is 35.9 Å². The van der Waals surface area contributed by atoms with Crippen molar-refractivity contribution in [3.63, 3.8) is 0 Å². The van der Waals surface area contributed by atoms with E-state index in [0.717, 1.165) is 16.1 Å². The summed E-state index contributed by atoms with van der Waals surface area (Å²) in [4.78, 5) is 15.9. The zero-order valence-corrected chi connectivity index (χ0v) is 14.7. The lowest BCUT2D eigenvalue weighted by Gasteiger charge is -2.09. The van der Waals surface area contributed by atoms with Crippen LogP contribution in [-0.4, -0.2) is 19.9 Å². The van der Waals surface area contributed by atoms with Crippen LogP contribution in [0.1, 0.15) is 5.56 Å². The molecule has 4 rings (SSSR count). The lowest BCUT2D eigenvalue weighted by Crippen LogP contribution is -1.97. The van der Waals surface area contributed by atoms with Crippen LogP contribution in [0.3, 0.4) is 0 Å². The third kappa shape index (κ3) is 3.00. The van der Waals surface area contributed by atoms with Crippen LogP contribution in [0.5, 0.6) is 11.6 Å². The molecule has 0 aliphatic carbocycles. The van der Waals surface area contributed by atoms with Crippen molar-refractivity contribution in [1.82, 2.24) is 19.9 Å². The molecular weight excluding hydrogens is 401 g/mol. The Labute approximate surface area is 155 Å². The Hall–Kier alpha value is -3.31. The second kappa shape index (κ2) is 6.54. The summed E-state index contributed by atoms with van der Waals surface area (Å²) < 4.78 is 20.7. The van der Waals surface area contributed by atoms with Gasteiger partial charge in [0.15, 0.2) is 23.0 Å². The fourth-order valence-electron chi connectivity index (χ4n) is 2.39. The molecule has 0 fully saturated rings. The van der Waals surface area contributed by atoms with Crippen LogP contribution in [0.25, 0.3) is 22.6 Å². The van der Waals surface area contributed by atoms with Gasteiger partial charge in [0, 0.05) is 10.0 Å². The quantitative estimate of drug-likeness (QED) is 0.534. The molecule has 8 heteroatoms. The van der Waals surface area contributed by atoms with Crippen LogP contribution in [-0.2, 0) is 0 Å². The lowest BCUT2D eigenvalue weighted by atomic mass is 10.2. The maximum absolute atomic E-state index is 14.2. The standard InChI is InChI=1S/C18H9BrFN5O/c19-12-3-1-2-11(7-12)16-24-17-15(22-9-23-17)18(25-16)26-14-5-4-10(8-21)6-13(14)20/h1-7,9H,(H,22,23,24,25). The van der Waals surface area contributed by atoms with Crippen LogP contribution in [0.4, 0.5) is 4.39 Å². The molecule has 0 amide bonds. The Kier molecular flexibility index (Phi) is 4.07. The summed E-state index contributed by atoms with van der Waals surface area (Å²) in [5, 5.41) is 8.85. The molecule has 0 bridgehead atoms. The highest BCUT2D eigenvalue weighted by Gasteiger charge is 2.15. The lowest BCUT2D eigenvalue weighted by molar-refractivity contribution is 0.431. The average molecular weight is 410 g/mol. The number of ether oxygens (including phenoxy) is 1. The summed E-state index contributed by atoms with van der Waals surface area (Å²) in [6, 6.07) is 13.3. The highest BCUT2D eigenvalue weighted by Crippen LogP contribution is 2.30. The molecular formula is C18H9BrFN5O. The number of H-pyrrole nitrogens is 1. The normalized spacial score (nSPS) is 10.7. The van der Waals surface area contributed by atoms with E-state index in [9.17, 15) is 4.39 Å². The van der Waals surface area contributed by atoms with E-state index < -0.39 is 5.82 Å². The molecule has 2 aromatic carbocycles. The number of imidazole rings is 1. The van der Waals surface area contributed by atoms with Gasteiger partial charge >= 0.3 is 0 Å². The minimum absolute atomic E-state index is 0.0428. The van der Waals surface area contributed by atoms with Gasteiger partial charge in [0.1, 0.15) is 5.52 Å². The first kappa shape index (κ1) is 16.2. The van der Waals surface area contributed by atoms with Crippen molar-refractivity contribution in [3.8, 4) is 29.1 Å². The number of fused-ring (bicyclic) bond motifs is 1. The predicted molar refractivity (Wildman–Crippen MR) is 96.0 cm³/mol. The molecule has 0 saturated heterocycles. The fourth-order valence-corrected chi connectivity index (χ4v) is 2.79. The van der Waals surface area contributed by atoms with E-state index in [1.54, 1.807) is 0 Å². The number of aromatic amines is 1. The topological polar surface area (TPSA) is 87.5 Å². The Bertz CT molecular complexity index is 1170. The Morgan fingerprint density at radius 2 is 2.04 bits per heavy atom. The molecule has 1 N–H and O–H groups in total. The molecule has 0 unspecified atom stereocenters. The van der Waals surface area contributed by atoms with E-state index in [4.69, 9.17) is 10.00 Å². The molecule has 4 aromatic rings. The molecule has 6 nitrogen and oxygen atoms in total. The average Bonchev–Trinajstić information content (AvgIpc) is 3.12. The number of rotatable bonds is 3.